The van der Waals surface area contributed by atoms with Gasteiger partial charge in [0.15, 0.2) is 5.82 Å². The first-order chi connectivity index (χ1) is 6.24. The molecule has 1 rings (SSSR count). The Balaban J connectivity index is 2.40. The highest BCUT2D eigenvalue weighted by Crippen LogP contribution is 2.14. The van der Waals surface area contributed by atoms with Crippen molar-refractivity contribution in [1.82, 2.24) is 10.1 Å². The molecule has 0 bridgehead atoms. The van der Waals surface area contributed by atoms with Gasteiger partial charge in [0, 0.05) is 11.7 Å². The van der Waals surface area contributed by atoms with Gasteiger partial charge < -0.3 is 9.63 Å². The third-order valence-corrected chi connectivity index (χ3v) is 2.38. The van der Waals surface area contributed by atoms with Crippen LogP contribution in [-0.2, 0) is 5.75 Å². The Kier molecular flexibility index (Phi) is 4.24. The zero-order valence-corrected chi connectivity index (χ0v) is 8.67. The second-order valence-electron chi connectivity index (χ2n) is 2.98. The lowest BCUT2D eigenvalue weighted by atomic mass is 10.2. The average molecular weight is 202 g/mol. The van der Waals surface area contributed by atoms with E-state index in [2.05, 4.69) is 10.1 Å². The Labute approximate surface area is 81.7 Å². The predicted octanol–water partition coefficient (Wildman–Crippen LogP) is 1.42. The summed E-state index contributed by atoms with van der Waals surface area (Å²) in [5, 5.41) is 12.4. The number of rotatable bonds is 5. The average Bonchev–Trinajstić information content (AvgIpc) is 2.53. The predicted molar refractivity (Wildman–Crippen MR) is 51.6 cm³/mol. The van der Waals surface area contributed by atoms with Crippen LogP contribution in [0.3, 0.4) is 0 Å². The molecule has 1 heterocycles. The number of hydrogen-bond donors (Lipinski definition) is 1. The molecule has 0 saturated carbocycles. The van der Waals surface area contributed by atoms with Gasteiger partial charge in [-0.05, 0) is 0 Å². The van der Waals surface area contributed by atoms with Gasteiger partial charge in [-0.2, -0.15) is 16.7 Å². The summed E-state index contributed by atoms with van der Waals surface area (Å²) in [4.78, 5) is 4.20. The Morgan fingerprint density at radius 2 is 2.31 bits per heavy atom. The van der Waals surface area contributed by atoms with Gasteiger partial charge >= 0.3 is 0 Å². The van der Waals surface area contributed by atoms with Crippen LogP contribution in [0.4, 0.5) is 0 Å². The van der Waals surface area contributed by atoms with Gasteiger partial charge in [-0.3, -0.25) is 0 Å². The first-order valence-corrected chi connectivity index (χ1v) is 5.40. The third-order valence-electron chi connectivity index (χ3n) is 1.44. The fourth-order valence-electron chi connectivity index (χ4n) is 0.789. The molecule has 0 radical (unpaired) electrons. The van der Waals surface area contributed by atoms with E-state index in [0.29, 0.717) is 23.2 Å². The Morgan fingerprint density at radius 1 is 1.54 bits per heavy atom. The summed E-state index contributed by atoms with van der Waals surface area (Å²) in [6.45, 7) is 4.22. The van der Waals surface area contributed by atoms with Gasteiger partial charge in [0.2, 0.25) is 5.89 Å². The van der Waals surface area contributed by atoms with E-state index in [4.69, 9.17) is 9.63 Å². The van der Waals surface area contributed by atoms with Crippen molar-refractivity contribution in [2.45, 2.75) is 25.5 Å². The lowest BCUT2D eigenvalue weighted by Gasteiger charge is -1.93. The lowest BCUT2D eigenvalue weighted by molar-refractivity contribution is 0.322. The summed E-state index contributed by atoms with van der Waals surface area (Å²) in [6, 6.07) is 0. The van der Waals surface area contributed by atoms with E-state index >= 15 is 0 Å². The molecule has 0 fully saturated rings. The topological polar surface area (TPSA) is 59.2 Å². The van der Waals surface area contributed by atoms with Crippen molar-refractivity contribution in [2.24, 2.45) is 0 Å². The van der Waals surface area contributed by atoms with Gasteiger partial charge in [-0.1, -0.05) is 19.0 Å². The highest BCUT2D eigenvalue weighted by molar-refractivity contribution is 7.98. The van der Waals surface area contributed by atoms with E-state index in [1.165, 1.54) is 0 Å². The number of hydrogen-bond acceptors (Lipinski definition) is 5. The monoisotopic (exact) mass is 202 g/mol. The number of nitrogens with zero attached hydrogens (tertiary/aromatic N) is 2. The molecule has 0 saturated heterocycles. The highest BCUT2D eigenvalue weighted by Gasteiger charge is 2.08. The first kappa shape index (κ1) is 10.5. The zero-order valence-electron chi connectivity index (χ0n) is 7.86. The zero-order chi connectivity index (χ0) is 9.68. The van der Waals surface area contributed by atoms with Crippen LogP contribution in [0.1, 0.15) is 31.5 Å². The van der Waals surface area contributed by atoms with Crippen LogP contribution >= 0.6 is 11.8 Å². The van der Waals surface area contributed by atoms with Crippen molar-refractivity contribution in [2.75, 3.05) is 12.4 Å². The summed E-state index contributed by atoms with van der Waals surface area (Å²) in [5.41, 5.74) is 0. The minimum absolute atomic E-state index is 0.194. The summed E-state index contributed by atoms with van der Waals surface area (Å²) < 4.78 is 5.02. The van der Waals surface area contributed by atoms with E-state index in [1.54, 1.807) is 11.8 Å². The molecule has 0 aliphatic carbocycles. The molecule has 1 N–H and O–H groups in total. The van der Waals surface area contributed by atoms with Crippen molar-refractivity contribution in [3.63, 3.8) is 0 Å². The summed E-state index contributed by atoms with van der Waals surface area (Å²) in [7, 11) is 0. The summed E-state index contributed by atoms with van der Waals surface area (Å²) >= 11 is 1.60. The van der Waals surface area contributed by atoms with Gasteiger partial charge in [-0.15, -0.1) is 0 Å². The van der Waals surface area contributed by atoms with Crippen LogP contribution in [0, 0.1) is 0 Å². The molecule has 4 nitrogen and oxygen atoms in total. The van der Waals surface area contributed by atoms with Crippen LogP contribution in [0.15, 0.2) is 4.52 Å². The Hall–Kier alpha value is -0.550. The van der Waals surface area contributed by atoms with Crippen LogP contribution in [-0.4, -0.2) is 27.6 Å². The Bertz CT molecular complexity index is 250. The third kappa shape index (κ3) is 3.36. The van der Waals surface area contributed by atoms with Crippen LogP contribution in [0.25, 0.3) is 0 Å². The quantitative estimate of drug-likeness (QED) is 0.732. The standard InChI is InChI=1S/C8H14N2O2S/c1-6(2)8-9-7(10-12-8)5-13-4-3-11/h6,11H,3-5H2,1-2H3. The molecular formula is C8H14N2O2S. The maximum absolute atomic E-state index is 8.55. The molecule has 0 aromatic carbocycles. The van der Waals surface area contributed by atoms with E-state index in [-0.39, 0.29) is 12.5 Å². The molecule has 0 amide bonds. The normalized spacial score (nSPS) is 11.1. The smallest absolute Gasteiger partial charge is 0.229 e. The lowest BCUT2D eigenvalue weighted by Crippen LogP contribution is -1.91. The molecule has 0 aliphatic rings. The van der Waals surface area contributed by atoms with Gasteiger partial charge in [-0.25, -0.2) is 0 Å². The fourth-order valence-corrected chi connectivity index (χ4v) is 1.36. The number of thioether (sulfide) groups is 1. The van der Waals surface area contributed by atoms with Crippen LogP contribution in [0.2, 0.25) is 0 Å². The van der Waals surface area contributed by atoms with Crippen LogP contribution < -0.4 is 0 Å². The van der Waals surface area contributed by atoms with Crippen molar-refractivity contribution >= 4 is 11.8 Å². The number of aromatic nitrogens is 2. The molecule has 1 aromatic rings. The van der Waals surface area contributed by atoms with Gasteiger partial charge in [0.25, 0.3) is 0 Å². The molecule has 0 aliphatic heterocycles. The van der Waals surface area contributed by atoms with E-state index in [9.17, 15) is 0 Å². The Morgan fingerprint density at radius 3 is 2.85 bits per heavy atom. The summed E-state index contributed by atoms with van der Waals surface area (Å²) in [6.07, 6.45) is 0. The maximum atomic E-state index is 8.55. The van der Waals surface area contributed by atoms with Gasteiger partial charge in [0.1, 0.15) is 0 Å². The molecule has 1 aromatic heterocycles. The van der Waals surface area contributed by atoms with Crippen molar-refractivity contribution in [1.29, 1.82) is 0 Å². The maximum Gasteiger partial charge on any atom is 0.229 e. The van der Waals surface area contributed by atoms with Crippen molar-refractivity contribution in [3.8, 4) is 0 Å². The summed E-state index contributed by atoms with van der Waals surface area (Å²) in [5.74, 6) is 3.09. The highest BCUT2D eigenvalue weighted by atomic mass is 32.2. The first-order valence-electron chi connectivity index (χ1n) is 4.25. The second kappa shape index (κ2) is 5.24. The second-order valence-corrected chi connectivity index (χ2v) is 4.08. The number of aliphatic hydroxyl groups excluding tert-OH is 1. The molecule has 13 heavy (non-hydrogen) atoms. The molecule has 0 spiro atoms. The molecule has 74 valence electrons. The SMILES string of the molecule is CC(C)c1nc(CSCCO)no1. The van der Waals surface area contributed by atoms with Crippen molar-refractivity contribution in [3.05, 3.63) is 11.7 Å². The van der Waals surface area contributed by atoms with Crippen LogP contribution in [0.5, 0.6) is 0 Å². The molecule has 0 unspecified atom stereocenters. The largest absolute Gasteiger partial charge is 0.396 e. The van der Waals surface area contributed by atoms with E-state index < -0.39 is 0 Å². The van der Waals surface area contributed by atoms with Crippen molar-refractivity contribution < 1.29 is 9.63 Å². The number of aliphatic hydroxyl groups is 1. The minimum Gasteiger partial charge on any atom is -0.396 e. The van der Waals surface area contributed by atoms with Gasteiger partial charge in [0.05, 0.1) is 12.4 Å². The molecular weight excluding hydrogens is 188 g/mol. The van der Waals surface area contributed by atoms with E-state index in [0.717, 1.165) is 0 Å². The fraction of sp³-hybridized carbons (Fsp3) is 0.750. The molecule has 5 heteroatoms. The molecule has 0 atom stereocenters. The van der Waals surface area contributed by atoms with E-state index in [1.807, 2.05) is 13.8 Å². The minimum atomic E-state index is 0.194.